The van der Waals surface area contributed by atoms with Gasteiger partial charge in [0.1, 0.15) is 5.54 Å². The molecule has 0 spiro atoms. The van der Waals surface area contributed by atoms with E-state index in [0.29, 0.717) is 25.9 Å². The van der Waals surface area contributed by atoms with E-state index in [1.54, 1.807) is 6.92 Å². The standard InChI is InChI=1S/C11H19N3O4/c1-8(15)12-5-6-13-10(18)14-7-3-4-11(14,2)9(16)17/h3-7H2,1-2H3,(H,12,15)(H,13,18)(H,16,17). The van der Waals surface area contributed by atoms with Gasteiger partial charge in [0.2, 0.25) is 5.91 Å². The van der Waals surface area contributed by atoms with Gasteiger partial charge in [0.25, 0.3) is 0 Å². The van der Waals surface area contributed by atoms with Crippen LogP contribution in [0.15, 0.2) is 0 Å². The molecule has 102 valence electrons. The largest absolute Gasteiger partial charge is 0.480 e. The Bertz CT molecular complexity index is 358. The van der Waals surface area contributed by atoms with Crippen molar-refractivity contribution >= 4 is 17.9 Å². The van der Waals surface area contributed by atoms with Crippen molar-refractivity contribution < 1.29 is 19.5 Å². The number of aliphatic carboxylic acids is 1. The molecule has 0 radical (unpaired) electrons. The topological polar surface area (TPSA) is 98.7 Å². The highest BCUT2D eigenvalue weighted by Crippen LogP contribution is 2.28. The first kappa shape index (κ1) is 14.3. The summed E-state index contributed by atoms with van der Waals surface area (Å²) in [7, 11) is 0. The van der Waals surface area contributed by atoms with Crippen LogP contribution in [0, 0.1) is 0 Å². The minimum atomic E-state index is -1.13. The first-order chi connectivity index (χ1) is 8.38. The predicted octanol–water partition coefficient (Wildman–Crippen LogP) is -0.229. The smallest absolute Gasteiger partial charge is 0.329 e. The van der Waals surface area contributed by atoms with Gasteiger partial charge in [0.05, 0.1) is 0 Å². The van der Waals surface area contributed by atoms with E-state index < -0.39 is 17.5 Å². The molecule has 0 aromatic rings. The maximum atomic E-state index is 11.8. The number of hydrogen-bond acceptors (Lipinski definition) is 3. The molecular formula is C11H19N3O4. The Morgan fingerprint density at radius 3 is 2.44 bits per heavy atom. The number of carboxylic acid groups (broad SMARTS) is 1. The molecule has 3 amide bonds. The third-order valence-corrected chi connectivity index (χ3v) is 3.12. The molecule has 1 heterocycles. The maximum absolute atomic E-state index is 11.8. The number of carbonyl (C=O) groups is 3. The van der Waals surface area contributed by atoms with Crippen LogP contribution in [-0.4, -0.2) is 53.1 Å². The van der Waals surface area contributed by atoms with Crippen molar-refractivity contribution in [1.82, 2.24) is 15.5 Å². The monoisotopic (exact) mass is 257 g/mol. The molecule has 1 aliphatic rings. The van der Waals surface area contributed by atoms with Crippen molar-refractivity contribution in [3.05, 3.63) is 0 Å². The number of urea groups is 1. The van der Waals surface area contributed by atoms with Gasteiger partial charge in [0.15, 0.2) is 0 Å². The number of nitrogens with one attached hydrogen (secondary N) is 2. The molecule has 1 saturated heterocycles. The summed E-state index contributed by atoms with van der Waals surface area (Å²) in [6.07, 6.45) is 1.14. The van der Waals surface area contributed by atoms with Crippen molar-refractivity contribution in [2.45, 2.75) is 32.2 Å². The quantitative estimate of drug-likeness (QED) is 0.606. The van der Waals surface area contributed by atoms with Crippen LogP contribution in [0.3, 0.4) is 0 Å². The molecule has 0 bridgehead atoms. The third kappa shape index (κ3) is 3.12. The van der Waals surface area contributed by atoms with Crippen LogP contribution in [0.4, 0.5) is 4.79 Å². The fourth-order valence-electron chi connectivity index (χ4n) is 2.01. The normalized spacial score (nSPS) is 22.7. The van der Waals surface area contributed by atoms with E-state index in [2.05, 4.69) is 10.6 Å². The zero-order chi connectivity index (χ0) is 13.8. The Morgan fingerprint density at radius 1 is 1.28 bits per heavy atom. The van der Waals surface area contributed by atoms with Crippen LogP contribution in [-0.2, 0) is 9.59 Å². The van der Waals surface area contributed by atoms with Crippen molar-refractivity contribution in [3.8, 4) is 0 Å². The van der Waals surface area contributed by atoms with Gasteiger partial charge >= 0.3 is 12.0 Å². The highest BCUT2D eigenvalue weighted by Gasteiger charge is 2.45. The number of carbonyl (C=O) groups excluding carboxylic acids is 2. The van der Waals surface area contributed by atoms with Crippen LogP contribution < -0.4 is 10.6 Å². The Balaban J connectivity index is 2.46. The molecule has 1 atom stereocenters. The van der Waals surface area contributed by atoms with Gasteiger partial charge in [-0.05, 0) is 19.8 Å². The Hall–Kier alpha value is -1.79. The summed E-state index contributed by atoms with van der Waals surface area (Å²) in [5.74, 6) is -1.15. The van der Waals surface area contributed by atoms with Crippen LogP contribution in [0.25, 0.3) is 0 Å². The SMILES string of the molecule is CC(=O)NCCNC(=O)N1CCCC1(C)C(=O)O. The summed E-state index contributed by atoms with van der Waals surface area (Å²) in [6.45, 7) is 4.00. The van der Waals surface area contributed by atoms with Crippen molar-refractivity contribution in [2.75, 3.05) is 19.6 Å². The second kappa shape index (κ2) is 5.70. The molecule has 3 N–H and O–H groups in total. The summed E-state index contributed by atoms with van der Waals surface area (Å²) < 4.78 is 0. The van der Waals surface area contributed by atoms with Crippen molar-refractivity contribution in [2.24, 2.45) is 0 Å². The van der Waals surface area contributed by atoms with E-state index in [9.17, 15) is 14.4 Å². The lowest BCUT2D eigenvalue weighted by Gasteiger charge is -2.31. The molecule has 18 heavy (non-hydrogen) atoms. The van der Waals surface area contributed by atoms with E-state index in [0.717, 1.165) is 0 Å². The molecule has 0 saturated carbocycles. The molecular weight excluding hydrogens is 238 g/mol. The second-order valence-corrected chi connectivity index (χ2v) is 4.55. The lowest BCUT2D eigenvalue weighted by atomic mass is 10.00. The van der Waals surface area contributed by atoms with Gasteiger partial charge in [-0.3, -0.25) is 4.79 Å². The molecule has 1 rings (SSSR count). The first-order valence-electron chi connectivity index (χ1n) is 5.91. The van der Waals surface area contributed by atoms with Gasteiger partial charge < -0.3 is 20.6 Å². The Kier molecular flexibility index (Phi) is 4.52. The summed E-state index contributed by atoms with van der Waals surface area (Å²) in [6, 6.07) is -0.400. The molecule has 7 nitrogen and oxygen atoms in total. The highest BCUT2D eigenvalue weighted by atomic mass is 16.4. The van der Waals surface area contributed by atoms with E-state index >= 15 is 0 Å². The number of nitrogens with zero attached hydrogens (tertiary/aromatic N) is 1. The zero-order valence-corrected chi connectivity index (χ0v) is 10.7. The predicted molar refractivity (Wildman–Crippen MR) is 64.1 cm³/mol. The zero-order valence-electron chi connectivity index (χ0n) is 10.7. The van der Waals surface area contributed by atoms with Crippen LogP contribution in [0.1, 0.15) is 26.7 Å². The molecule has 0 aliphatic carbocycles. The Morgan fingerprint density at radius 2 is 1.89 bits per heavy atom. The number of carboxylic acids is 1. The molecule has 1 unspecified atom stereocenters. The minimum Gasteiger partial charge on any atom is -0.480 e. The fourth-order valence-corrected chi connectivity index (χ4v) is 2.01. The van der Waals surface area contributed by atoms with Crippen LogP contribution in [0.5, 0.6) is 0 Å². The van der Waals surface area contributed by atoms with E-state index in [1.807, 2.05) is 0 Å². The van der Waals surface area contributed by atoms with E-state index in [1.165, 1.54) is 11.8 Å². The number of rotatable bonds is 4. The van der Waals surface area contributed by atoms with E-state index in [-0.39, 0.29) is 12.5 Å². The molecule has 7 heteroatoms. The van der Waals surface area contributed by atoms with Gasteiger partial charge in [-0.25, -0.2) is 9.59 Å². The third-order valence-electron chi connectivity index (χ3n) is 3.12. The highest BCUT2D eigenvalue weighted by molar-refractivity contribution is 5.86. The molecule has 1 aliphatic heterocycles. The summed E-state index contributed by atoms with van der Waals surface area (Å²) >= 11 is 0. The van der Waals surface area contributed by atoms with E-state index in [4.69, 9.17) is 5.11 Å². The number of amides is 3. The maximum Gasteiger partial charge on any atom is 0.329 e. The number of likely N-dealkylation sites (tertiary alicyclic amines) is 1. The average molecular weight is 257 g/mol. The summed E-state index contributed by atoms with van der Waals surface area (Å²) in [5, 5.41) is 14.3. The average Bonchev–Trinajstić information content (AvgIpc) is 2.67. The lowest BCUT2D eigenvalue weighted by Crippen LogP contribution is -2.54. The second-order valence-electron chi connectivity index (χ2n) is 4.55. The van der Waals surface area contributed by atoms with Gasteiger partial charge in [-0.1, -0.05) is 0 Å². The summed E-state index contributed by atoms with van der Waals surface area (Å²) in [4.78, 5) is 35.0. The minimum absolute atomic E-state index is 0.166. The number of hydrogen-bond donors (Lipinski definition) is 3. The fraction of sp³-hybridized carbons (Fsp3) is 0.727. The first-order valence-corrected chi connectivity index (χ1v) is 5.91. The van der Waals surface area contributed by atoms with Gasteiger partial charge in [-0.2, -0.15) is 0 Å². The summed E-state index contributed by atoms with van der Waals surface area (Å²) in [5.41, 5.74) is -1.13. The molecule has 0 aromatic carbocycles. The van der Waals surface area contributed by atoms with Crippen LogP contribution >= 0.6 is 0 Å². The van der Waals surface area contributed by atoms with Crippen molar-refractivity contribution in [1.29, 1.82) is 0 Å². The van der Waals surface area contributed by atoms with Gasteiger partial charge in [-0.15, -0.1) is 0 Å². The molecule has 0 aromatic heterocycles. The van der Waals surface area contributed by atoms with Crippen molar-refractivity contribution in [3.63, 3.8) is 0 Å². The molecule has 1 fully saturated rings. The van der Waals surface area contributed by atoms with Gasteiger partial charge in [0, 0.05) is 26.6 Å². The Labute approximate surface area is 106 Å². The van der Waals surface area contributed by atoms with Crippen LogP contribution in [0.2, 0.25) is 0 Å². The lowest BCUT2D eigenvalue weighted by molar-refractivity contribution is -0.147.